The number of hydrogen-bond donors (Lipinski definition) is 1. The molecule has 6 nitrogen and oxygen atoms in total. The van der Waals surface area contributed by atoms with E-state index in [-0.39, 0.29) is 12.5 Å². The number of amides is 1. The van der Waals surface area contributed by atoms with Crippen LogP contribution in [0.1, 0.15) is 10.4 Å². The molecule has 126 valence electrons. The second-order valence-corrected chi connectivity index (χ2v) is 5.12. The predicted octanol–water partition coefficient (Wildman–Crippen LogP) is 3.19. The van der Waals surface area contributed by atoms with Gasteiger partial charge in [-0.25, -0.2) is 0 Å². The number of methoxy groups -OCH3 is 2. The lowest BCUT2D eigenvalue weighted by molar-refractivity contribution is -0.118. The van der Waals surface area contributed by atoms with Gasteiger partial charge in [0, 0.05) is 11.3 Å². The summed E-state index contributed by atoms with van der Waals surface area (Å²) in [5.41, 5.74) is 0.941. The molecule has 0 atom stereocenters. The van der Waals surface area contributed by atoms with Gasteiger partial charge in [-0.15, -0.1) is 0 Å². The van der Waals surface area contributed by atoms with Gasteiger partial charge in [-0.2, -0.15) is 0 Å². The smallest absolute Gasteiger partial charge is 0.262 e. The van der Waals surface area contributed by atoms with E-state index in [1.54, 1.807) is 30.3 Å². The van der Waals surface area contributed by atoms with Crippen LogP contribution in [0.25, 0.3) is 0 Å². The van der Waals surface area contributed by atoms with Crippen molar-refractivity contribution in [3.63, 3.8) is 0 Å². The number of rotatable bonds is 7. The monoisotopic (exact) mass is 349 g/mol. The maximum absolute atomic E-state index is 12.0. The highest BCUT2D eigenvalue weighted by Gasteiger charge is 2.10. The van der Waals surface area contributed by atoms with Gasteiger partial charge in [0.25, 0.3) is 5.91 Å². The Morgan fingerprint density at radius 2 is 1.79 bits per heavy atom. The Hall–Kier alpha value is -2.73. The Labute approximate surface area is 144 Å². The summed E-state index contributed by atoms with van der Waals surface area (Å²) in [7, 11) is 2.98. The molecular weight excluding hydrogens is 334 g/mol. The quantitative estimate of drug-likeness (QED) is 0.777. The highest BCUT2D eigenvalue weighted by atomic mass is 35.5. The lowest BCUT2D eigenvalue weighted by Gasteiger charge is -2.12. The van der Waals surface area contributed by atoms with Crippen LogP contribution in [0.2, 0.25) is 5.02 Å². The summed E-state index contributed by atoms with van der Waals surface area (Å²) in [6, 6.07) is 9.58. The van der Waals surface area contributed by atoms with Gasteiger partial charge in [0.2, 0.25) is 0 Å². The number of carbonyl (C=O) groups excluding carboxylic acids is 2. The topological polar surface area (TPSA) is 73.9 Å². The second-order valence-electron chi connectivity index (χ2n) is 4.71. The van der Waals surface area contributed by atoms with Gasteiger partial charge in [-0.1, -0.05) is 11.6 Å². The molecule has 2 aromatic carbocycles. The minimum absolute atomic E-state index is 0.248. The summed E-state index contributed by atoms with van der Waals surface area (Å²) in [6.07, 6.45) is 0.686. The number of nitrogens with one attached hydrogen (secondary N) is 1. The Morgan fingerprint density at radius 3 is 2.42 bits per heavy atom. The molecule has 2 rings (SSSR count). The summed E-state index contributed by atoms with van der Waals surface area (Å²) < 4.78 is 15.6. The first-order chi connectivity index (χ1) is 11.6. The van der Waals surface area contributed by atoms with E-state index >= 15 is 0 Å². The van der Waals surface area contributed by atoms with Crippen molar-refractivity contribution in [2.75, 3.05) is 26.1 Å². The van der Waals surface area contributed by atoms with E-state index < -0.39 is 0 Å². The predicted molar refractivity (Wildman–Crippen MR) is 90.5 cm³/mol. The summed E-state index contributed by atoms with van der Waals surface area (Å²) in [5.74, 6) is 0.877. The number of ether oxygens (including phenoxy) is 3. The molecular formula is C17H16ClNO5. The zero-order valence-corrected chi connectivity index (χ0v) is 13.9. The maximum atomic E-state index is 12.0. The average Bonchev–Trinajstić information content (AvgIpc) is 2.59. The fourth-order valence-corrected chi connectivity index (χ4v) is 2.22. The molecule has 0 bridgehead atoms. The number of aldehydes is 1. The van der Waals surface area contributed by atoms with Crippen LogP contribution in [-0.2, 0) is 4.79 Å². The first-order valence-corrected chi connectivity index (χ1v) is 7.34. The molecule has 0 aliphatic rings. The molecule has 1 amide bonds. The molecule has 0 fully saturated rings. The van der Waals surface area contributed by atoms with Gasteiger partial charge in [-0.05, 0) is 36.4 Å². The molecule has 0 aliphatic carbocycles. The van der Waals surface area contributed by atoms with E-state index in [1.807, 2.05) is 0 Å². The van der Waals surface area contributed by atoms with Crippen LogP contribution in [0.5, 0.6) is 17.2 Å². The number of anilines is 1. The lowest BCUT2D eigenvalue weighted by atomic mass is 10.2. The lowest BCUT2D eigenvalue weighted by Crippen LogP contribution is -2.20. The van der Waals surface area contributed by atoms with Crippen LogP contribution in [0.3, 0.4) is 0 Å². The first-order valence-electron chi connectivity index (χ1n) is 6.96. The minimum Gasteiger partial charge on any atom is -0.495 e. The Balaban J connectivity index is 2.00. The third-order valence-electron chi connectivity index (χ3n) is 3.12. The van der Waals surface area contributed by atoms with Crippen molar-refractivity contribution in [1.82, 2.24) is 0 Å². The van der Waals surface area contributed by atoms with E-state index in [2.05, 4.69) is 5.32 Å². The molecule has 0 spiro atoms. The molecule has 0 radical (unpaired) electrons. The standard InChI is InChI=1S/C17H16ClNO5/c1-22-14-6-4-12(8-13(14)18)19-17(21)10-24-16-7-11(9-20)3-5-15(16)23-2/h3-9H,10H2,1-2H3,(H,19,21). The van der Waals surface area contributed by atoms with Gasteiger partial charge in [0.1, 0.15) is 12.0 Å². The highest BCUT2D eigenvalue weighted by Crippen LogP contribution is 2.28. The summed E-state index contributed by atoms with van der Waals surface area (Å²) in [4.78, 5) is 22.8. The van der Waals surface area contributed by atoms with Gasteiger partial charge in [0.05, 0.1) is 19.2 Å². The van der Waals surface area contributed by atoms with Crippen LogP contribution >= 0.6 is 11.6 Å². The second kappa shape index (κ2) is 8.21. The van der Waals surface area contributed by atoms with E-state index in [4.69, 9.17) is 25.8 Å². The molecule has 0 saturated heterocycles. The highest BCUT2D eigenvalue weighted by molar-refractivity contribution is 6.32. The van der Waals surface area contributed by atoms with Gasteiger partial charge in [-0.3, -0.25) is 9.59 Å². The van der Waals surface area contributed by atoms with E-state index in [0.717, 1.165) is 0 Å². The summed E-state index contributed by atoms with van der Waals surface area (Å²) >= 11 is 6.00. The van der Waals surface area contributed by atoms with Crippen LogP contribution in [-0.4, -0.2) is 33.0 Å². The van der Waals surface area contributed by atoms with E-state index in [0.29, 0.717) is 39.8 Å². The number of halogens is 1. The largest absolute Gasteiger partial charge is 0.495 e. The van der Waals surface area contributed by atoms with Crippen molar-refractivity contribution in [3.05, 3.63) is 47.0 Å². The van der Waals surface area contributed by atoms with Gasteiger partial charge in [0.15, 0.2) is 18.1 Å². The van der Waals surface area contributed by atoms with Crippen molar-refractivity contribution in [3.8, 4) is 17.2 Å². The van der Waals surface area contributed by atoms with Crippen LogP contribution < -0.4 is 19.5 Å². The van der Waals surface area contributed by atoms with Crippen LogP contribution in [0, 0.1) is 0 Å². The Kier molecular flexibility index (Phi) is 6.03. The van der Waals surface area contributed by atoms with Crippen LogP contribution in [0.15, 0.2) is 36.4 Å². The third kappa shape index (κ3) is 4.39. The van der Waals surface area contributed by atoms with Crippen molar-refractivity contribution >= 4 is 29.5 Å². The first kappa shape index (κ1) is 17.6. The van der Waals surface area contributed by atoms with Crippen molar-refractivity contribution in [2.45, 2.75) is 0 Å². The minimum atomic E-state index is -0.380. The molecule has 2 aromatic rings. The molecule has 0 unspecified atom stereocenters. The van der Waals surface area contributed by atoms with Crippen molar-refractivity contribution in [2.24, 2.45) is 0 Å². The van der Waals surface area contributed by atoms with E-state index in [1.165, 1.54) is 20.3 Å². The fourth-order valence-electron chi connectivity index (χ4n) is 1.96. The molecule has 0 heterocycles. The molecule has 0 aromatic heterocycles. The normalized spacial score (nSPS) is 9.96. The Bertz CT molecular complexity index is 748. The summed E-state index contributed by atoms with van der Waals surface area (Å²) in [6.45, 7) is -0.248. The molecule has 7 heteroatoms. The average molecular weight is 350 g/mol. The number of benzene rings is 2. The van der Waals surface area contributed by atoms with E-state index in [9.17, 15) is 9.59 Å². The third-order valence-corrected chi connectivity index (χ3v) is 3.41. The zero-order chi connectivity index (χ0) is 17.5. The van der Waals surface area contributed by atoms with Crippen molar-refractivity contribution in [1.29, 1.82) is 0 Å². The van der Waals surface area contributed by atoms with Gasteiger partial charge < -0.3 is 19.5 Å². The SMILES string of the molecule is COc1ccc(NC(=O)COc2cc(C=O)ccc2OC)cc1Cl. The molecule has 24 heavy (non-hydrogen) atoms. The van der Waals surface area contributed by atoms with Gasteiger partial charge >= 0.3 is 0 Å². The number of carbonyl (C=O) groups is 2. The molecule has 0 saturated carbocycles. The zero-order valence-electron chi connectivity index (χ0n) is 13.2. The van der Waals surface area contributed by atoms with Crippen molar-refractivity contribution < 1.29 is 23.8 Å². The molecule has 0 aliphatic heterocycles. The van der Waals surface area contributed by atoms with Crippen LogP contribution in [0.4, 0.5) is 5.69 Å². The number of hydrogen-bond acceptors (Lipinski definition) is 5. The maximum Gasteiger partial charge on any atom is 0.262 e. The Morgan fingerprint density at radius 1 is 1.08 bits per heavy atom. The fraction of sp³-hybridized carbons (Fsp3) is 0.176. The summed E-state index contributed by atoms with van der Waals surface area (Å²) in [5, 5.41) is 3.04. The molecule has 1 N–H and O–H groups in total.